The van der Waals surface area contributed by atoms with Gasteiger partial charge in [0.15, 0.2) is 13.6 Å². The van der Waals surface area contributed by atoms with Crippen molar-refractivity contribution in [3.05, 3.63) is 180 Å². The molecule has 0 spiro atoms. The molecule has 0 saturated heterocycles. The van der Waals surface area contributed by atoms with E-state index in [0.717, 1.165) is 58.5 Å². The highest BCUT2D eigenvalue weighted by Gasteiger charge is 2.42. The quantitative estimate of drug-likeness (QED) is 0.0634. The lowest BCUT2D eigenvalue weighted by Crippen LogP contribution is -2.48. The van der Waals surface area contributed by atoms with Crippen LogP contribution < -0.4 is 18.9 Å². The third kappa shape index (κ3) is 11.3. The van der Waals surface area contributed by atoms with Gasteiger partial charge >= 0.3 is 0 Å². The van der Waals surface area contributed by atoms with Crippen molar-refractivity contribution in [3.63, 3.8) is 0 Å². The van der Waals surface area contributed by atoms with E-state index in [4.69, 9.17) is 33.2 Å². The molecule has 0 fully saturated rings. The van der Waals surface area contributed by atoms with Gasteiger partial charge in [-0.2, -0.15) is 0 Å². The van der Waals surface area contributed by atoms with Crippen molar-refractivity contribution in [2.24, 2.45) is 0 Å². The Bertz CT molecular complexity index is 1980. The van der Waals surface area contributed by atoms with Crippen molar-refractivity contribution in [1.82, 2.24) is 0 Å². The van der Waals surface area contributed by atoms with Gasteiger partial charge in [0, 0.05) is 25.0 Å². The molecule has 0 aliphatic carbocycles. The van der Waals surface area contributed by atoms with Crippen LogP contribution in [0.2, 0.25) is 0 Å². The van der Waals surface area contributed by atoms with E-state index in [-0.39, 0.29) is 25.8 Å². The van der Waals surface area contributed by atoms with Crippen LogP contribution >= 0.6 is 0 Å². The Balaban J connectivity index is 1.42. The first-order valence-corrected chi connectivity index (χ1v) is 20.5. The van der Waals surface area contributed by atoms with Gasteiger partial charge in [-0.1, -0.05) is 113 Å². The van der Waals surface area contributed by atoms with Gasteiger partial charge in [0.05, 0.1) is 12.2 Å². The smallest absolute Gasteiger partial charge is 0.188 e. The van der Waals surface area contributed by atoms with Crippen molar-refractivity contribution < 1.29 is 33.2 Å². The molecule has 6 aromatic rings. The van der Waals surface area contributed by atoms with Gasteiger partial charge in [-0.25, -0.2) is 0 Å². The molecular weight excluding hydrogens is 737 g/mol. The van der Waals surface area contributed by atoms with Crippen molar-refractivity contribution in [3.8, 4) is 34.5 Å². The van der Waals surface area contributed by atoms with E-state index in [1.807, 2.05) is 97.1 Å². The highest BCUT2D eigenvalue weighted by molar-refractivity contribution is 5.39. The molecule has 7 nitrogen and oxygen atoms in total. The van der Waals surface area contributed by atoms with E-state index in [2.05, 4.69) is 88.4 Å². The number of rotatable bonds is 22. The summed E-state index contributed by atoms with van der Waals surface area (Å²) in [5, 5.41) is 0. The molecule has 6 aromatic carbocycles. The molecule has 0 radical (unpaired) electrons. The Labute approximate surface area is 350 Å². The van der Waals surface area contributed by atoms with E-state index in [1.54, 1.807) is 14.2 Å². The molecule has 7 heteroatoms. The Morgan fingerprint density at radius 2 is 0.797 bits per heavy atom. The first-order chi connectivity index (χ1) is 28.8. The first-order valence-electron chi connectivity index (χ1n) is 20.5. The summed E-state index contributed by atoms with van der Waals surface area (Å²) in [6, 6.07) is 53.3. The van der Waals surface area contributed by atoms with Crippen LogP contribution in [0.3, 0.4) is 0 Å². The van der Waals surface area contributed by atoms with Crippen LogP contribution in [0.15, 0.2) is 158 Å². The minimum atomic E-state index is -0.404. The van der Waals surface area contributed by atoms with Crippen molar-refractivity contribution in [2.45, 2.75) is 76.4 Å². The number of ether oxygens (including phenoxy) is 7. The number of hydrogen-bond donors (Lipinski definition) is 0. The van der Waals surface area contributed by atoms with Crippen molar-refractivity contribution in [2.75, 3.05) is 27.8 Å². The van der Waals surface area contributed by atoms with Gasteiger partial charge in [0.2, 0.25) is 0 Å². The fourth-order valence-electron chi connectivity index (χ4n) is 7.55. The summed E-state index contributed by atoms with van der Waals surface area (Å²) in [5.74, 6) is 4.66. The Kier molecular flexibility index (Phi) is 15.2. The average Bonchev–Trinajstić information content (AvgIpc) is 3.28. The second-order valence-electron chi connectivity index (χ2n) is 15.3. The van der Waals surface area contributed by atoms with E-state index in [9.17, 15) is 0 Å². The number of benzene rings is 6. The maximum absolute atomic E-state index is 7.80. The summed E-state index contributed by atoms with van der Waals surface area (Å²) >= 11 is 0. The van der Waals surface area contributed by atoms with Gasteiger partial charge in [0.1, 0.15) is 34.5 Å². The highest BCUT2D eigenvalue weighted by atomic mass is 16.7. The first kappa shape index (κ1) is 43.0. The number of methoxy groups -OCH3 is 2. The molecule has 0 aliphatic heterocycles. The summed E-state index contributed by atoms with van der Waals surface area (Å²) in [5.41, 5.74) is 3.77. The van der Waals surface area contributed by atoms with Gasteiger partial charge in [0.25, 0.3) is 0 Å². The molecule has 4 atom stereocenters. The molecule has 0 saturated carbocycles. The second kappa shape index (κ2) is 20.9. The van der Waals surface area contributed by atoms with E-state index < -0.39 is 10.8 Å². The monoisotopic (exact) mass is 794 g/mol. The van der Waals surface area contributed by atoms with Gasteiger partial charge in [-0.15, -0.1) is 0 Å². The van der Waals surface area contributed by atoms with E-state index >= 15 is 0 Å². The third-order valence-electron chi connectivity index (χ3n) is 11.5. The maximum Gasteiger partial charge on any atom is 0.188 e. The molecule has 4 unspecified atom stereocenters. The fraction of sp³-hybridized carbons (Fsp3) is 0.308. The van der Waals surface area contributed by atoms with Crippen LogP contribution in [0, 0.1) is 0 Å². The van der Waals surface area contributed by atoms with Crippen molar-refractivity contribution in [1.29, 1.82) is 0 Å². The standard InChI is InChI=1S/C52H58O7/c1-7-51(3,41-25-29-43(30-26-41)55-37-53-5)49(35-39-17-15-23-47(33-39)57-45-19-11-9-12-20-45)59-50(52(4,8-2)42-27-31-44(32-28-42)56-38-54-6)36-40-18-16-24-48(34-40)58-46-21-13-10-14-22-46/h9-34,49-50H,7-8,35-38H2,1-6H3. The largest absolute Gasteiger partial charge is 0.468 e. The molecule has 0 N–H and O–H groups in total. The van der Waals surface area contributed by atoms with Crippen LogP contribution in [0.5, 0.6) is 34.5 Å². The van der Waals surface area contributed by atoms with Crippen LogP contribution in [-0.2, 0) is 37.9 Å². The lowest BCUT2D eigenvalue weighted by molar-refractivity contribution is -0.0840. The molecule has 0 amide bonds. The number of para-hydroxylation sites is 2. The lowest BCUT2D eigenvalue weighted by atomic mass is 9.71. The predicted molar refractivity (Wildman–Crippen MR) is 235 cm³/mol. The van der Waals surface area contributed by atoms with E-state index in [1.165, 1.54) is 11.1 Å². The summed E-state index contributed by atoms with van der Waals surface area (Å²) in [4.78, 5) is 0. The predicted octanol–water partition coefficient (Wildman–Crippen LogP) is 12.5. The van der Waals surface area contributed by atoms with Crippen LogP contribution in [-0.4, -0.2) is 40.0 Å². The second-order valence-corrected chi connectivity index (χ2v) is 15.3. The Hall–Kier alpha value is -5.60. The molecule has 59 heavy (non-hydrogen) atoms. The van der Waals surface area contributed by atoms with Gasteiger partial charge in [-0.3, -0.25) is 0 Å². The van der Waals surface area contributed by atoms with Crippen molar-refractivity contribution >= 4 is 0 Å². The lowest BCUT2D eigenvalue weighted by Gasteiger charge is -2.45. The molecule has 0 aromatic heterocycles. The molecule has 0 bridgehead atoms. The zero-order chi connectivity index (χ0) is 41.5. The summed E-state index contributed by atoms with van der Waals surface area (Å²) in [6.45, 7) is 9.51. The highest BCUT2D eigenvalue weighted by Crippen LogP contribution is 2.42. The summed E-state index contributed by atoms with van der Waals surface area (Å²) in [7, 11) is 3.25. The topological polar surface area (TPSA) is 64.6 Å². The summed E-state index contributed by atoms with van der Waals surface area (Å²) in [6.07, 6.45) is 2.45. The maximum atomic E-state index is 7.80. The fourth-order valence-corrected chi connectivity index (χ4v) is 7.55. The molecule has 0 heterocycles. The molecular formula is C52H58O7. The van der Waals surface area contributed by atoms with Gasteiger partial charge < -0.3 is 33.2 Å². The molecule has 308 valence electrons. The van der Waals surface area contributed by atoms with Crippen LogP contribution in [0.1, 0.15) is 62.8 Å². The average molecular weight is 795 g/mol. The van der Waals surface area contributed by atoms with Crippen LogP contribution in [0.25, 0.3) is 0 Å². The summed E-state index contributed by atoms with van der Waals surface area (Å²) < 4.78 is 42.4. The van der Waals surface area contributed by atoms with E-state index in [0.29, 0.717) is 12.8 Å². The Morgan fingerprint density at radius 3 is 1.15 bits per heavy atom. The number of hydrogen-bond acceptors (Lipinski definition) is 7. The minimum absolute atomic E-state index is 0.186. The molecule has 0 aliphatic rings. The normalized spacial score (nSPS) is 14.3. The van der Waals surface area contributed by atoms with Gasteiger partial charge in [-0.05, 0) is 121 Å². The minimum Gasteiger partial charge on any atom is -0.468 e. The zero-order valence-electron chi connectivity index (χ0n) is 35.3. The van der Waals surface area contributed by atoms with Crippen LogP contribution in [0.4, 0.5) is 0 Å². The zero-order valence-corrected chi connectivity index (χ0v) is 35.3. The Morgan fingerprint density at radius 1 is 0.424 bits per heavy atom. The third-order valence-corrected chi connectivity index (χ3v) is 11.5. The SMILES string of the molecule is CCC(C)(c1ccc(OCOC)cc1)C(Cc1cccc(Oc2ccccc2)c1)OC(Cc1cccc(Oc2ccccc2)c1)C(C)(CC)c1ccc(OCOC)cc1. The molecule has 6 rings (SSSR count).